The minimum Gasteiger partial charge on any atom is -0.335 e. The first kappa shape index (κ1) is 20.7. The lowest BCUT2D eigenvalue weighted by Gasteiger charge is -2.32. The second-order valence-corrected chi connectivity index (χ2v) is 11.3. The topological polar surface area (TPSA) is 117 Å². The van der Waals surface area contributed by atoms with Crippen LogP contribution in [0.5, 0.6) is 0 Å². The van der Waals surface area contributed by atoms with E-state index in [1.807, 2.05) is 0 Å². The van der Waals surface area contributed by atoms with Gasteiger partial charge in [-0.25, -0.2) is 21.8 Å². The number of anilines is 2. The average Bonchev–Trinajstić information content (AvgIpc) is 3.08. The summed E-state index contributed by atoms with van der Waals surface area (Å²) < 4.78 is 47.5. The van der Waals surface area contributed by atoms with Crippen LogP contribution < -0.4 is 5.32 Å². The number of piperazine rings is 1. The van der Waals surface area contributed by atoms with Crippen molar-refractivity contribution < 1.29 is 21.6 Å². The fraction of sp³-hybridized carbons (Fsp3) is 0.375. The lowest BCUT2D eigenvalue weighted by molar-refractivity contribution is 0.0693. The van der Waals surface area contributed by atoms with Gasteiger partial charge in [-0.05, 0) is 24.3 Å². The maximum Gasteiger partial charge on any atom is 0.273 e. The van der Waals surface area contributed by atoms with E-state index >= 15 is 0 Å². The number of rotatable bonds is 5. The quantitative estimate of drug-likeness (QED) is 0.731. The largest absolute Gasteiger partial charge is 0.335 e. The van der Waals surface area contributed by atoms with Gasteiger partial charge in [-0.3, -0.25) is 4.79 Å². The molecule has 0 radical (unpaired) electrons. The number of thiazole rings is 1. The Morgan fingerprint density at radius 1 is 1.04 bits per heavy atom. The fourth-order valence-corrected chi connectivity index (χ4v) is 4.88. The van der Waals surface area contributed by atoms with Gasteiger partial charge in [-0.15, -0.1) is 11.3 Å². The van der Waals surface area contributed by atoms with Gasteiger partial charge in [0.25, 0.3) is 5.91 Å². The van der Waals surface area contributed by atoms with E-state index in [2.05, 4.69) is 10.3 Å². The minimum atomic E-state index is -3.26. The Balaban J connectivity index is 1.63. The van der Waals surface area contributed by atoms with Crippen LogP contribution in [0, 0.1) is 0 Å². The molecule has 1 N–H and O–H groups in total. The van der Waals surface area contributed by atoms with Gasteiger partial charge in [0, 0.05) is 43.5 Å². The third-order valence-electron chi connectivity index (χ3n) is 4.25. The molecule has 1 saturated heterocycles. The first-order valence-corrected chi connectivity index (χ1v) is 12.9. The molecule has 2 aromatic rings. The van der Waals surface area contributed by atoms with Gasteiger partial charge in [0.2, 0.25) is 10.0 Å². The molecule has 2 heterocycles. The van der Waals surface area contributed by atoms with Gasteiger partial charge in [0.05, 0.1) is 11.2 Å². The van der Waals surface area contributed by atoms with Crippen molar-refractivity contribution in [1.29, 1.82) is 0 Å². The zero-order chi connectivity index (χ0) is 20.5. The molecule has 0 aliphatic carbocycles. The summed E-state index contributed by atoms with van der Waals surface area (Å²) >= 11 is 1.26. The van der Waals surface area contributed by atoms with Crippen molar-refractivity contribution in [2.75, 3.05) is 44.0 Å². The molecule has 28 heavy (non-hydrogen) atoms. The molecule has 1 fully saturated rings. The zero-order valence-corrected chi connectivity index (χ0v) is 17.8. The molecule has 3 rings (SSSR count). The third-order valence-corrected chi connectivity index (χ3v) is 7.44. The number of amides is 1. The van der Waals surface area contributed by atoms with Crippen molar-refractivity contribution in [3.63, 3.8) is 0 Å². The van der Waals surface area contributed by atoms with Crippen molar-refractivity contribution in [3.05, 3.63) is 35.3 Å². The van der Waals surface area contributed by atoms with Gasteiger partial charge in [0.1, 0.15) is 5.69 Å². The Hall–Kier alpha value is -2.02. The lowest BCUT2D eigenvalue weighted by Crippen LogP contribution is -2.50. The summed E-state index contributed by atoms with van der Waals surface area (Å²) in [5, 5.41) is 5.18. The van der Waals surface area contributed by atoms with Gasteiger partial charge < -0.3 is 10.2 Å². The number of sulfonamides is 1. The molecule has 1 aromatic carbocycles. The molecule has 12 heteroatoms. The van der Waals surface area contributed by atoms with Crippen LogP contribution in [0.1, 0.15) is 10.5 Å². The molecule has 1 aromatic heterocycles. The van der Waals surface area contributed by atoms with E-state index in [0.717, 1.165) is 12.5 Å². The van der Waals surface area contributed by atoms with Crippen LogP contribution in [0.3, 0.4) is 0 Å². The predicted molar refractivity (Wildman–Crippen MR) is 107 cm³/mol. The van der Waals surface area contributed by atoms with Crippen LogP contribution in [-0.4, -0.2) is 75.6 Å². The van der Waals surface area contributed by atoms with E-state index in [4.69, 9.17) is 0 Å². The lowest BCUT2D eigenvalue weighted by atomic mass is 10.3. The highest BCUT2D eigenvalue weighted by Gasteiger charge is 2.27. The predicted octanol–water partition coefficient (Wildman–Crippen LogP) is 1.01. The highest BCUT2D eigenvalue weighted by Crippen LogP contribution is 2.23. The number of aromatic nitrogens is 1. The normalized spacial score (nSPS) is 16.1. The summed E-state index contributed by atoms with van der Waals surface area (Å²) in [5.74, 6) is -0.245. The Bertz CT molecular complexity index is 1070. The summed E-state index contributed by atoms with van der Waals surface area (Å²) in [6.45, 7) is 1.18. The van der Waals surface area contributed by atoms with Crippen LogP contribution in [0.25, 0.3) is 0 Å². The molecule has 1 aliphatic rings. The van der Waals surface area contributed by atoms with Crippen molar-refractivity contribution in [1.82, 2.24) is 14.2 Å². The number of nitrogens with zero attached hydrogens (tertiary/aromatic N) is 3. The summed E-state index contributed by atoms with van der Waals surface area (Å²) in [6, 6.07) is 6.25. The third kappa shape index (κ3) is 4.87. The number of sulfone groups is 1. The van der Waals surface area contributed by atoms with E-state index < -0.39 is 19.9 Å². The highest BCUT2D eigenvalue weighted by molar-refractivity contribution is 7.90. The molecule has 0 atom stereocenters. The SMILES string of the molecule is CS(=O)(=O)c1ccc(Nc2nc(C(=O)N3CCN(S(C)(=O)=O)CC3)cs2)cc1. The number of benzene rings is 1. The summed E-state index contributed by atoms with van der Waals surface area (Å²) in [5.41, 5.74) is 0.940. The summed E-state index contributed by atoms with van der Waals surface area (Å²) in [7, 11) is -6.51. The highest BCUT2D eigenvalue weighted by atomic mass is 32.2. The zero-order valence-electron chi connectivity index (χ0n) is 15.3. The summed E-state index contributed by atoms with van der Waals surface area (Å²) in [4.78, 5) is 18.7. The van der Waals surface area contributed by atoms with Crippen molar-refractivity contribution in [2.45, 2.75) is 4.90 Å². The molecule has 1 amide bonds. The Morgan fingerprint density at radius 2 is 1.64 bits per heavy atom. The smallest absolute Gasteiger partial charge is 0.273 e. The molecule has 1 aliphatic heterocycles. The first-order valence-electron chi connectivity index (χ1n) is 8.31. The van der Waals surface area contributed by atoms with Crippen LogP contribution >= 0.6 is 11.3 Å². The standard InChI is InChI=1S/C16H20N4O5S3/c1-27(22,23)13-5-3-12(4-6-13)17-16-18-14(11-26-16)15(21)19-7-9-20(10-8-19)28(2,24)25/h3-6,11H,7-10H2,1-2H3,(H,17,18). The monoisotopic (exact) mass is 444 g/mol. The van der Waals surface area contributed by atoms with E-state index in [0.29, 0.717) is 23.9 Å². The number of hydrogen-bond acceptors (Lipinski definition) is 8. The average molecular weight is 445 g/mol. The molecular weight excluding hydrogens is 424 g/mol. The molecule has 152 valence electrons. The second-order valence-electron chi connectivity index (χ2n) is 6.41. The number of hydrogen-bond donors (Lipinski definition) is 1. The molecule has 0 spiro atoms. The van der Waals surface area contributed by atoms with Crippen molar-refractivity contribution >= 4 is 47.9 Å². The van der Waals surface area contributed by atoms with Crippen molar-refractivity contribution in [3.8, 4) is 0 Å². The van der Waals surface area contributed by atoms with Gasteiger partial charge >= 0.3 is 0 Å². The van der Waals surface area contributed by atoms with E-state index in [1.54, 1.807) is 22.4 Å². The van der Waals surface area contributed by atoms with Crippen LogP contribution in [0.15, 0.2) is 34.5 Å². The Morgan fingerprint density at radius 3 is 2.18 bits per heavy atom. The van der Waals surface area contributed by atoms with Gasteiger partial charge in [-0.1, -0.05) is 0 Å². The molecule has 9 nitrogen and oxygen atoms in total. The maximum absolute atomic E-state index is 12.6. The molecule has 0 saturated carbocycles. The van der Waals surface area contributed by atoms with Gasteiger partial charge in [0.15, 0.2) is 15.0 Å². The first-order chi connectivity index (χ1) is 13.0. The maximum atomic E-state index is 12.6. The molecule has 0 bridgehead atoms. The van der Waals surface area contributed by atoms with Gasteiger partial charge in [-0.2, -0.15) is 4.31 Å². The van der Waals surface area contributed by atoms with Crippen LogP contribution in [-0.2, 0) is 19.9 Å². The number of carbonyl (C=O) groups excluding carboxylic acids is 1. The Kier molecular flexibility index (Phi) is 5.75. The number of nitrogens with one attached hydrogen (secondary N) is 1. The van der Waals surface area contributed by atoms with Crippen LogP contribution in [0.2, 0.25) is 0 Å². The van der Waals surface area contributed by atoms with E-state index in [1.165, 1.54) is 27.8 Å². The molecular formula is C16H20N4O5S3. The summed E-state index contributed by atoms with van der Waals surface area (Å²) in [6.07, 6.45) is 2.30. The van der Waals surface area contributed by atoms with E-state index in [-0.39, 0.29) is 29.6 Å². The minimum absolute atomic E-state index is 0.223. The van der Waals surface area contributed by atoms with Crippen molar-refractivity contribution in [2.24, 2.45) is 0 Å². The van der Waals surface area contributed by atoms with Crippen LogP contribution in [0.4, 0.5) is 10.8 Å². The Labute approximate surface area is 168 Å². The van der Waals surface area contributed by atoms with E-state index in [9.17, 15) is 21.6 Å². The number of carbonyl (C=O) groups is 1. The fourth-order valence-electron chi connectivity index (χ4n) is 2.72. The molecule has 0 unspecified atom stereocenters. The second kappa shape index (κ2) is 7.78.